The second-order valence-corrected chi connectivity index (χ2v) is 2.61. The fourth-order valence-corrected chi connectivity index (χ4v) is 0.969. The molecular weight excluding hydrogens is 164 g/mol. The van der Waals surface area contributed by atoms with Crippen molar-refractivity contribution < 1.29 is 4.79 Å². The van der Waals surface area contributed by atoms with E-state index < -0.39 is 0 Å². The first-order chi connectivity index (χ1) is 6.25. The van der Waals surface area contributed by atoms with Gasteiger partial charge in [-0.2, -0.15) is 0 Å². The molecule has 1 amide bonds. The van der Waals surface area contributed by atoms with Gasteiger partial charge in [0.1, 0.15) is 0 Å². The Bertz CT molecular complexity index is 295. The van der Waals surface area contributed by atoms with Crippen LogP contribution < -0.4 is 5.84 Å². The van der Waals surface area contributed by atoms with Crippen LogP contribution in [0.2, 0.25) is 0 Å². The van der Waals surface area contributed by atoms with Crippen LogP contribution in [0.1, 0.15) is 10.4 Å². The van der Waals surface area contributed by atoms with Gasteiger partial charge in [0.05, 0.1) is 6.54 Å². The lowest BCUT2D eigenvalue weighted by molar-refractivity contribution is 0.0774. The predicted octanol–water partition coefficient (Wildman–Crippen LogP) is 1.19. The number of nitrogens with two attached hydrogens (primary N) is 1. The van der Waals surface area contributed by atoms with Gasteiger partial charge in [-0.15, -0.1) is 6.58 Å². The number of hydrogen-bond acceptors (Lipinski definition) is 2. The van der Waals surface area contributed by atoms with Crippen molar-refractivity contribution in [2.75, 3.05) is 6.54 Å². The summed E-state index contributed by atoms with van der Waals surface area (Å²) < 4.78 is 0. The van der Waals surface area contributed by atoms with E-state index in [9.17, 15) is 4.79 Å². The van der Waals surface area contributed by atoms with Crippen LogP contribution in [0.25, 0.3) is 0 Å². The van der Waals surface area contributed by atoms with Gasteiger partial charge in [0.2, 0.25) is 0 Å². The lowest BCUT2D eigenvalue weighted by Gasteiger charge is -2.13. The van der Waals surface area contributed by atoms with Gasteiger partial charge >= 0.3 is 0 Å². The average Bonchev–Trinajstić information content (AvgIpc) is 2.18. The summed E-state index contributed by atoms with van der Waals surface area (Å²) in [6.07, 6.45) is 1.58. The van der Waals surface area contributed by atoms with E-state index in [4.69, 9.17) is 5.84 Å². The van der Waals surface area contributed by atoms with E-state index >= 15 is 0 Å². The summed E-state index contributed by atoms with van der Waals surface area (Å²) in [6, 6.07) is 8.91. The zero-order chi connectivity index (χ0) is 9.68. The maximum atomic E-state index is 11.5. The quantitative estimate of drug-likeness (QED) is 0.325. The zero-order valence-electron chi connectivity index (χ0n) is 7.31. The first-order valence-electron chi connectivity index (χ1n) is 3.98. The number of benzene rings is 1. The molecule has 1 rings (SSSR count). The van der Waals surface area contributed by atoms with Crippen LogP contribution >= 0.6 is 0 Å². The molecule has 0 unspecified atom stereocenters. The highest BCUT2D eigenvalue weighted by atomic mass is 16.2. The van der Waals surface area contributed by atoms with Crippen molar-refractivity contribution in [3.63, 3.8) is 0 Å². The molecule has 3 heteroatoms. The normalized spacial score (nSPS) is 9.31. The lowest BCUT2D eigenvalue weighted by atomic mass is 10.2. The molecule has 68 valence electrons. The van der Waals surface area contributed by atoms with Crippen molar-refractivity contribution in [1.82, 2.24) is 5.01 Å². The summed E-state index contributed by atoms with van der Waals surface area (Å²) in [4.78, 5) is 11.5. The third-order valence-electron chi connectivity index (χ3n) is 1.61. The molecule has 0 saturated heterocycles. The van der Waals surface area contributed by atoms with Crippen LogP contribution in [0.3, 0.4) is 0 Å². The maximum Gasteiger partial charge on any atom is 0.268 e. The smallest absolute Gasteiger partial charge is 0.268 e. The van der Waals surface area contributed by atoms with Crippen molar-refractivity contribution in [3.05, 3.63) is 48.6 Å². The van der Waals surface area contributed by atoms with E-state index in [1.54, 1.807) is 30.3 Å². The van der Waals surface area contributed by atoms with Gasteiger partial charge < -0.3 is 0 Å². The summed E-state index contributed by atoms with van der Waals surface area (Å²) in [5.74, 6) is 5.28. The second kappa shape index (κ2) is 4.42. The van der Waals surface area contributed by atoms with E-state index in [1.807, 2.05) is 6.07 Å². The largest absolute Gasteiger partial charge is 0.273 e. The standard InChI is InChI=1S/C10H12N2O/c1-2-8-12(11)10(13)9-6-4-3-5-7-9/h2-7H,1,8,11H2. The fraction of sp³-hybridized carbons (Fsp3) is 0.100. The summed E-state index contributed by atoms with van der Waals surface area (Å²) in [5.41, 5.74) is 0.590. The van der Waals surface area contributed by atoms with Crippen molar-refractivity contribution in [1.29, 1.82) is 0 Å². The van der Waals surface area contributed by atoms with E-state index in [0.717, 1.165) is 5.01 Å². The molecule has 1 aromatic carbocycles. The Morgan fingerprint density at radius 3 is 2.62 bits per heavy atom. The molecule has 3 nitrogen and oxygen atoms in total. The molecule has 0 atom stereocenters. The third-order valence-corrected chi connectivity index (χ3v) is 1.61. The van der Waals surface area contributed by atoms with Crippen LogP contribution in [0.4, 0.5) is 0 Å². The SMILES string of the molecule is C=CCN(N)C(=O)c1ccccc1. The highest BCUT2D eigenvalue weighted by Gasteiger charge is 2.08. The van der Waals surface area contributed by atoms with Crippen molar-refractivity contribution in [2.45, 2.75) is 0 Å². The minimum Gasteiger partial charge on any atom is -0.273 e. The maximum absolute atomic E-state index is 11.5. The van der Waals surface area contributed by atoms with Crippen LogP contribution in [-0.2, 0) is 0 Å². The number of amides is 1. The highest BCUT2D eigenvalue weighted by Crippen LogP contribution is 2.01. The van der Waals surface area contributed by atoms with Gasteiger partial charge in [0.25, 0.3) is 5.91 Å². The van der Waals surface area contributed by atoms with Gasteiger partial charge in [-0.05, 0) is 12.1 Å². The Morgan fingerprint density at radius 2 is 2.08 bits per heavy atom. The highest BCUT2D eigenvalue weighted by molar-refractivity contribution is 5.93. The lowest BCUT2D eigenvalue weighted by Crippen LogP contribution is -2.37. The van der Waals surface area contributed by atoms with E-state index in [2.05, 4.69) is 6.58 Å². The monoisotopic (exact) mass is 176 g/mol. The Kier molecular flexibility index (Phi) is 3.23. The third kappa shape index (κ3) is 2.42. The summed E-state index contributed by atoms with van der Waals surface area (Å²) in [6.45, 7) is 3.86. The molecule has 0 saturated carbocycles. The van der Waals surface area contributed by atoms with E-state index in [0.29, 0.717) is 12.1 Å². The fourth-order valence-electron chi connectivity index (χ4n) is 0.969. The molecule has 13 heavy (non-hydrogen) atoms. The second-order valence-electron chi connectivity index (χ2n) is 2.61. The predicted molar refractivity (Wildman–Crippen MR) is 51.9 cm³/mol. The zero-order valence-corrected chi connectivity index (χ0v) is 7.31. The molecule has 0 radical (unpaired) electrons. The minimum absolute atomic E-state index is 0.194. The Hall–Kier alpha value is -1.61. The van der Waals surface area contributed by atoms with Crippen molar-refractivity contribution in [3.8, 4) is 0 Å². The molecular formula is C10H12N2O. The molecule has 1 aromatic rings. The number of hydrazine groups is 1. The molecule has 0 aliphatic carbocycles. The van der Waals surface area contributed by atoms with Crippen LogP contribution in [0, 0.1) is 0 Å². The minimum atomic E-state index is -0.194. The number of carbonyl (C=O) groups is 1. The first kappa shape index (κ1) is 9.48. The van der Waals surface area contributed by atoms with E-state index in [1.165, 1.54) is 0 Å². The van der Waals surface area contributed by atoms with Crippen LogP contribution in [0.15, 0.2) is 43.0 Å². The van der Waals surface area contributed by atoms with Crippen LogP contribution in [-0.4, -0.2) is 17.5 Å². The average molecular weight is 176 g/mol. The van der Waals surface area contributed by atoms with E-state index in [-0.39, 0.29) is 5.91 Å². The van der Waals surface area contributed by atoms with Gasteiger partial charge in [-0.3, -0.25) is 9.80 Å². The number of rotatable bonds is 3. The van der Waals surface area contributed by atoms with Gasteiger partial charge in [0, 0.05) is 5.56 Å². The Labute approximate surface area is 77.4 Å². The molecule has 0 fully saturated rings. The van der Waals surface area contributed by atoms with Crippen molar-refractivity contribution >= 4 is 5.91 Å². The molecule has 0 spiro atoms. The molecule has 2 N–H and O–H groups in total. The first-order valence-corrected chi connectivity index (χ1v) is 3.98. The summed E-state index contributed by atoms with van der Waals surface area (Å²) in [5, 5.41) is 1.13. The van der Waals surface area contributed by atoms with Gasteiger partial charge in [0.15, 0.2) is 0 Å². The van der Waals surface area contributed by atoms with Gasteiger partial charge in [-0.25, -0.2) is 5.84 Å². The topological polar surface area (TPSA) is 46.3 Å². The molecule has 0 aliphatic heterocycles. The summed E-state index contributed by atoms with van der Waals surface area (Å²) >= 11 is 0. The molecule has 0 aromatic heterocycles. The molecule has 0 bridgehead atoms. The van der Waals surface area contributed by atoms with Crippen molar-refractivity contribution in [2.24, 2.45) is 5.84 Å². The Balaban J connectivity index is 2.73. The van der Waals surface area contributed by atoms with Gasteiger partial charge in [-0.1, -0.05) is 24.3 Å². The number of carbonyl (C=O) groups excluding carboxylic acids is 1. The number of hydrogen-bond donors (Lipinski definition) is 1. The molecule has 0 aliphatic rings. The van der Waals surface area contributed by atoms with Crippen LogP contribution in [0.5, 0.6) is 0 Å². The number of nitrogens with zero attached hydrogens (tertiary/aromatic N) is 1. The molecule has 0 heterocycles. The summed E-state index contributed by atoms with van der Waals surface area (Å²) in [7, 11) is 0. The Morgan fingerprint density at radius 1 is 1.46 bits per heavy atom.